The van der Waals surface area contributed by atoms with Crippen LogP contribution in [0, 0.1) is 0 Å². The molecule has 0 spiro atoms. The standard InChI is InChI=1S/C12H23N5O4/c13-7(4-18)10(20)1-6-2-17-9(3-16-6)11(15)12(21)8(14)5-19/h2-3,7-8,10-12,18-21H,1,4-5,13-15H2/t7-,8-,10+,11-,12-/m1/s1. The van der Waals surface area contributed by atoms with Gasteiger partial charge in [0.1, 0.15) is 0 Å². The van der Waals surface area contributed by atoms with Gasteiger partial charge in [0.25, 0.3) is 0 Å². The van der Waals surface area contributed by atoms with Crippen LogP contribution < -0.4 is 17.2 Å². The fourth-order valence-corrected chi connectivity index (χ4v) is 1.68. The van der Waals surface area contributed by atoms with E-state index in [0.717, 1.165) is 0 Å². The van der Waals surface area contributed by atoms with Gasteiger partial charge in [-0.25, -0.2) is 0 Å². The summed E-state index contributed by atoms with van der Waals surface area (Å²) < 4.78 is 0. The normalized spacial score (nSPS) is 18.8. The molecule has 0 saturated heterocycles. The van der Waals surface area contributed by atoms with Gasteiger partial charge < -0.3 is 37.6 Å². The number of nitrogens with zero attached hydrogens (tertiary/aromatic N) is 2. The monoisotopic (exact) mass is 301 g/mol. The van der Waals surface area contributed by atoms with Crippen molar-refractivity contribution < 1.29 is 20.4 Å². The molecule has 0 radical (unpaired) electrons. The maximum atomic E-state index is 9.80. The minimum atomic E-state index is -1.15. The van der Waals surface area contributed by atoms with E-state index in [1.54, 1.807) is 0 Å². The van der Waals surface area contributed by atoms with E-state index in [9.17, 15) is 10.2 Å². The van der Waals surface area contributed by atoms with Crippen LogP contribution >= 0.6 is 0 Å². The topological polar surface area (TPSA) is 185 Å². The van der Waals surface area contributed by atoms with Crippen LogP contribution in [0.25, 0.3) is 0 Å². The van der Waals surface area contributed by atoms with Crippen molar-refractivity contribution in [2.75, 3.05) is 13.2 Å². The Hall–Kier alpha value is -1.20. The van der Waals surface area contributed by atoms with Crippen molar-refractivity contribution in [3.05, 3.63) is 23.8 Å². The highest BCUT2D eigenvalue weighted by molar-refractivity contribution is 5.09. The van der Waals surface area contributed by atoms with E-state index < -0.39 is 36.9 Å². The SMILES string of the molecule is N[C@H](CO)[C@@H](O)[C@H](N)c1cnc(C[C@H](O)[C@H](N)CO)cn1. The van der Waals surface area contributed by atoms with Crippen LogP contribution in [0.2, 0.25) is 0 Å². The summed E-state index contributed by atoms with van der Waals surface area (Å²) in [5, 5.41) is 37.2. The van der Waals surface area contributed by atoms with Crippen LogP contribution in [0.1, 0.15) is 17.4 Å². The van der Waals surface area contributed by atoms with Crippen LogP contribution in [-0.4, -0.2) is 67.9 Å². The molecule has 1 rings (SSSR count). The van der Waals surface area contributed by atoms with Gasteiger partial charge in [0.05, 0.1) is 61.1 Å². The molecule has 9 heteroatoms. The fourth-order valence-electron chi connectivity index (χ4n) is 1.68. The quantitative estimate of drug-likeness (QED) is 0.254. The minimum Gasteiger partial charge on any atom is -0.395 e. The molecule has 0 fully saturated rings. The first-order chi connectivity index (χ1) is 9.90. The highest BCUT2D eigenvalue weighted by Crippen LogP contribution is 2.13. The van der Waals surface area contributed by atoms with Gasteiger partial charge in [-0.3, -0.25) is 9.97 Å². The molecule has 0 aliphatic carbocycles. The zero-order valence-corrected chi connectivity index (χ0v) is 11.6. The van der Waals surface area contributed by atoms with Gasteiger partial charge in [0, 0.05) is 12.6 Å². The molecule has 0 saturated carbocycles. The lowest BCUT2D eigenvalue weighted by Gasteiger charge is -2.22. The molecular weight excluding hydrogens is 278 g/mol. The molecule has 1 aromatic heterocycles. The molecule has 9 nitrogen and oxygen atoms in total. The van der Waals surface area contributed by atoms with E-state index in [4.69, 9.17) is 27.4 Å². The van der Waals surface area contributed by atoms with Crippen molar-refractivity contribution in [1.29, 1.82) is 0 Å². The lowest BCUT2D eigenvalue weighted by molar-refractivity contribution is 0.0853. The second-order valence-electron chi connectivity index (χ2n) is 4.91. The Bertz CT molecular complexity index is 419. The maximum Gasteiger partial charge on any atom is 0.0921 e. The zero-order chi connectivity index (χ0) is 16.0. The number of hydrogen-bond acceptors (Lipinski definition) is 9. The van der Waals surface area contributed by atoms with Gasteiger partial charge in [-0.1, -0.05) is 0 Å². The molecule has 10 N–H and O–H groups in total. The third-order valence-electron chi connectivity index (χ3n) is 3.21. The number of nitrogens with two attached hydrogens (primary N) is 3. The highest BCUT2D eigenvalue weighted by Gasteiger charge is 2.24. The van der Waals surface area contributed by atoms with Crippen LogP contribution in [0.3, 0.4) is 0 Å². The Morgan fingerprint density at radius 3 is 2.05 bits per heavy atom. The summed E-state index contributed by atoms with van der Waals surface area (Å²) in [5.74, 6) is 0. The Labute approximate surface area is 122 Å². The number of aromatic nitrogens is 2. The van der Waals surface area contributed by atoms with Gasteiger partial charge in [-0.15, -0.1) is 0 Å². The van der Waals surface area contributed by atoms with Gasteiger partial charge in [-0.05, 0) is 0 Å². The minimum absolute atomic E-state index is 0.142. The zero-order valence-electron chi connectivity index (χ0n) is 11.6. The largest absolute Gasteiger partial charge is 0.395 e. The van der Waals surface area contributed by atoms with Crippen LogP contribution in [0.5, 0.6) is 0 Å². The lowest BCUT2D eigenvalue weighted by Crippen LogP contribution is -2.44. The molecule has 21 heavy (non-hydrogen) atoms. The highest BCUT2D eigenvalue weighted by atomic mass is 16.3. The second-order valence-corrected chi connectivity index (χ2v) is 4.91. The van der Waals surface area contributed by atoms with Crippen molar-refractivity contribution in [2.24, 2.45) is 17.2 Å². The number of rotatable bonds is 8. The molecule has 120 valence electrons. The van der Waals surface area contributed by atoms with Crippen molar-refractivity contribution >= 4 is 0 Å². The molecule has 0 aliphatic heterocycles. The molecule has 0 unspecified atom stereocenters. The average Bonchev–Trinajstić information content (AvgIpc) is 2.52. The first-order valence-electron chi connectivity index (χ1n) is 6.56. The second kappa shape index (κ2) is 8.29. The molecule has 5 atom stereocenters. The lowest BCUT2D eigenvalue weighted by atomic mass is 10.0. The smallest absolute Gasteiger partial charge is 0.0921 e. The summed E-state index contributed by atoms with van der Waals surface area (Å²) in [7, 11) is 0. The van der Waals surface area contributed by atoms with E-state index in [1.165, 1.54) is 12.4 Å². The molecule has 0 bridgehead atoms. The van der Waals surface area contributed by atoms with E-state index in [2.05, 4.69) is 9.97 Å². The van der Waals surface area contributed by atoms with E-state index in [0.29, 0.717) is 11.4 Å². The van der Waals surface area contributed by atoms with E-state index in [1.807, 2.05) is 0 Å². The Balaban J connectivity index is 2.69. The summed E-state index contributed by atoms with van der Waals surface area (Å²) in [5.41, 5.74) is 17.6. The summed E-state index contributed by atoms with van der Waals surface area (Å²) in [6.07, 6.45) is 0.827. The van der Waals surface area contributed by atoms with E-state index >= 15 is 0 Å². The molecule has 0 aromatic carbocycles. The Morgan fingerprint density at radius 1 is 0.952 bits per heavy atom. The van der Waals surface area contributed by atoms with Crippen LogP contribution in [-0.2, 0) is 6.42 Å². The number of hydrogen-bond donors (Lipinski definition) is 7. The molecule has 1 aromatic rings. The summed E-state index contributed by atoms with van der Waals surface area (Å²) in [6, 6.07) is -2.50. The van der Waals surface area contributed by atoms with Gasteiger partial charge in [-0.2, -0.15) is 0 Å². The summed E-state index contributed by atoms with van der Waals surface area (Å²) in [4.78, 5) is 8.13. The van der Waals surface area contributed by atoms with Crippen molar-refractivity contribution in [1.82, 2.24) is 9.97 Å². The van der Waals surface area contributed by atoms with Gasteiger partial charge in [0.2, 0.25) is 0 Å². The number of aliphatic hydroxyl groups excluding tert-OH is 4. The Kier molecular flexibility index (Phi) is 7.05. The maximum absolute atomic E-state index is 9.80. The van der Waals surface area contributed by atoms with E-state index in [-0.39, 0.29) is 13.0 Å². The van der Waals surface area contributed by atoms with Crippen LogP contribution in [0.15, 0.2) is 12.4 Å². The first-order valence-corrected chi connectivity index (χ1v) is 6.56. The van der Waals surface area contributed by atoms with Gasteiger partial charge in [0.15, 0.2) is 0 Å². The van der Waals surface area contributed by atoms with Gasteiger partial charge >= 0.3 is 0 Å². The summed E-state index contributed by atoms with van der Waals surface area (Å²) in [6.45, 7) is -0.728. The fraction of sp³-hybridized carbons (Fsp3) is 0.667. The third-order valence-corrected chi connectivity index (χ3v) is 3.21. The molecule has 1 heterocycles. The Morgan fingerprint density at radius 2 is 1.57 bits per heavy atom. The van der Waals surface area contributed by atoms with Crippen molar-refractivity contribution in [3.8, 4) is 0 Å². The number of aliphatic hydroxyl groups is 4. The predicted molar refractivity (Wildman–Crippen MR) is 74.8 cm³/mol. The first kappa shape index (κ1) is 17.9. The summed E-state index contributed by atoms with van der Waals surface area (Å²) >= 11 is 0. The third kappa shape index (κ3) is 4.93. The van der Waals surface area contributed by atoms with Crippen molar-refractivity contribution in [2.45, 2.75) is 36.8 Å². The average molecular weight is 301 g/mol. The molecular formula is C12H23N5O4. The molecule has 0 amide bonds. The molecule has 0 aliphatic rings. The van der Waals surface area contributed by atoms with Crippen LogP contribution in [0.4, 0.5) is 0 Å². The van der Waals surface area contributed by atoms with Crippen molar-refractivity contribution in [3.63, 3.8) is 0 Å². The predicted octanol–water partition coefficient (Wildman–Crippen LogP) is -3.62.